The molecule has 0 aliphatic carbocycles. The van der Waals surface area contributed by atoms with Crippen LogP contribution in [0.3, 0.4) is 0 Å². The van der Waals surface area contributed by atoms with E-state index in [9.17, 15) is 53.4 Å². The Labute approximate surface area is 481 Å². The molecular formula is C55H68ClN11O12S2. The van der Waals surface area contributed by atoms with Crippen molar-refractivity contribution in [3.8, 4) is 11.5 Å². The Morgan fingerprint density at radius 3 is 1.81 bits per heavy atom. The maximum atomic E-state index is 14.8. The minimum atomic E-state index is -1.77. The molecule has 0 aromatic heterocycles. The van der Waals surface area contributed by atoms with Gasteiger partial charge in [-0.1, -0.05) is 94.6 Å². The smallest absolute Gasteiger partial charge is 0.269 e. The fourth-order valence-corrected chi connectivity index (χ4v) is 10.6. The van der Waals surface area contributed by atoms with Gasteiger partial charge in [-0.05, 0) is 104 Å². The number of rotatable bonds is 20. The van der Waals surface area contributed by atoms with E-state index in [0.717, 1.165) is 21.6 Å². The summed E-state index contributed by atoms with van der Waals surface area (Å²) in [5.74, 6) is -8.44. The number of carbonyl (C=O) groups is 9. The quantitative estimate of drug-likeness (QED) is 0.0324. The third-order valence-corrected chi connectivity index (χ3v) is 15.5. The lowest BCUT2D eigenvalue weighted by Crippen LogP contribution is -2.61. The number of nitrogens with zero attached hydrogens (tertiary/aromatic N) is 1. The number of phenolic OH excluding ortho intramolecular Hbond substituents is 1. The van der Waals surface area contributed by atoms with Gasteiger partial charge >= 0.3 is 0 Å². The van der Waals surface area contributed by atoms with Crippen molar-refractivity contribution in [3.63, 3.8) is 0 Å². The van der Waals surface area contributed by atoms with E-state index >= 15 is 0 Å². The second kappa shape index (κ2) is 32.0. The number of unbranched alkanes of at least 4 members (excludes halogenated alkanes) is 2. The van der Waals surface area contributed by atoms with Gasteiger partial charge in [-0.15, -0.1) is 0 Å². The number of halogens is 1. The Hall–Kier alpha value is -7.55. The van der Waals surface area contributed by atoms with Gasteiger partial charge in [0, 0.05) is 41.4 Å². The minimum absolute atomic E-state index is 0.0209. The molecule has 8 atom stereocenters. The normalized spacial score (nSPS) is 20.7. The standard InChI is InChI=1S/C55H68ClN11O12S2/c1-30(68)46-55(78)66-45(53(76)62-41(48(60)71)25-33-11-19-37(69)20-12-33)29-81-80-28-44(65-49(72)39(58)24-31-9-17-36(56)18-10-31)54(77)64-43(27-34-13-21-38(79-2)22-14-34)52(75)63-42(26-32-7-15-35(16-8-32)47(59)70)51(74)61-40(50(73)67-46)6-4-3-5-23-57/h7-22,30,39-40,42-46,68-69H,3-6,23-29,57-58H2,1-2H3,(H2,59,70)(H2,60,71)(H,61,74)(H,63,75)(H,64,77)(H,65,72)(H,66,78)(H,67,73)/t30-,39+,40+,42-,43+,44-,45+,46+/m1/s1. The number of aliphatic imine (C=N–C) groups is 1. The summed E-state index contributed by atoms with van der Waals surface area (Å²) in [6.07, 6.45) is -0.858. The van der Waals surface area contributed by atoms with Crippen LogP contribution in [-0.2, 0) is 64.0 Å². The number of carbonyl (C=O) groups excluding carboxylic acids is 9. The van der Waals surface area contributed by atoms with Crippen molar-refractivity contribution in [2.45, 2.75) is 107 Å². The molecule has 4 aromatic carbocycles. The van der Waals surface area contributed by atoms with Gasteiger partial charge < -0.3 is 69.8 Å². The van der Waals surface area contributed by atoms with Crippen molar-refractivity contribution in [2.24, 2.45) is 27.9 Å². The van der Waals surface area contributed by atoms with Gasteiger partial charge in [-0.3, -0.25) is 43.2 Å². The zero-order chi connectivity index (χ0) is 59.2. The molecule has 0 unspecified atom stereocenters. The van der Waals surface area contributed by atoms with Crippen LogP contribution < -0.4 is 59.6 Å². The number of benzene rings is 4. The van der Waals surface area contributed by atoms with E-state index in [1.54, 1.807) is 48.5 Å². The molecule has 1 aliphatic heterocycles. The molecule has 0 spiro atoms. The molecule has 9 amide bonds. The molecule has 0 radical (unpaired) electrons. The first-order valence-electron chi connectivity index (χ1n) is 25.8. The average molecular weight is 1170 g/mol. The van der Waals surface area contributed by atoms with Crippen LogP contribution in [0.25, 0.3) is 0 Å². The van der Waals surface area contributed by atoms with Crippen molar-refractivity contribution < 1.29 is 58.1 Å². The molecule has 4 aromatic rings. The minimum Gasteiger partial charge on any atom is -0.508 e. The Morgan fingerprint density at radius 2 is 1.25 bits per heavy atom. The third kappa shape index (κ3) is 20.8. The molecule has 1 fully saturated rings. The number of aromatic hydroxyl groups is 1. The first-order chi connectivity index (χ1) is 38.6. The van der Waals surface area contributed by atoms with Gasteiger partial charge in [0.2, 0.25) is 41.4 Å². The summed E-state index contributed by atoms with van der Waals surface area (Å²) in [6.45, 7) is 1.53. The van der Waals surface area contributed by atoms with Gasteiger partial charge in [-0.25, -0.2) is 4.99 Å². The lowest BCUT2D eigenvalue weighted by atomic mass is 10.00. The van der Waals surface area contributed by atoms with Crippen LogP contribution in [0.4, 0.5) is 0 Å². The molecule has 1 heterocycles. The molecule has 26 heteroatoms. The molecule has 23 nitrogen and oxygen atoms in total. The highest BCUT2D eigenvalue weighted by Gasteiger charge is 2.36. The lowest BCUT2D eigenvalue weighted by molar-refractivity contribution is -0.136. The van der Waals surface area contributed by atoms with E-state index in [1.165, 1.54) is 62.6 Å². The topological polar surface area (TPSA) is 392 Å². The Morgan fingerprint density at radius 1 is 0.704 bits per heavy atom. The SMILES string of the molecule is COc1ccc(C[C@@H]2NC(=O)[C@H](NC(=O)[C@@H](N)Cc3ccc(Cl)cc3)CSSC[C@@H](C(=O)N=C(Cc3ccc(O)cc3)C(N)=O)NC(=O)[C@H]([C@@H](C)O)NC(=O)[C@H](CCCCCN)NC(=O)[C@@H](Cc3ccc(C(N)=O)cc3)NC2=O)cc1. The largest absolute Gasteiger partial charge is 0.508 e. The molecule has 5 rings (SSSR count). The molecule has 1 aliphatic rings. The van der Waals surface area contributed by atoms with E-state index in [-0.39, 0.29) is 54.9 Å². The van der Waals surface area contributed by atoms with Crippen molar-refractivity contribution >= 4 is 92.1 Å². The molecule has 0 bridgehead atoms. The summed E-state index contributed by atoms with van der Waals surface area (Å²) in [6, 6.07) is 14.4. The van der Waals surface area contributed by atoms with Gasteiger partial charge in [0.05, 0.1) is 19.3 Å². The van der Waals surface area contributed by atoms with E-state index in [2.05, 4.69) is 36.9 Å². The van der Waals surface area contributed by atoms with Crippen LogP contribution in [0.15, 0.2) is 102 Å². The summed E-state index contributed by atoms with van der Waals surface area (Å²) >= 11 is 6.08. The summed E-state index contributed by atoms with van der Waals surface area (Å²) in [7, 11) is 3.36. The van der Waals surface area contributed by atoms with Crippen molar-refractivity contribution in [2.75, 3.05) is 25.2 Å². The van der Waals surface area contributed by atoms with Crippen LogP contribution in [0, 0.1) is 0 Å². The predicted molar refractivity (Wildman–Crippen MR) is 308 cm³/mol. The second-order valence-corrected chi connectivity index (χ2v) is 22.1. The van der Waals surface area contributed by atoms with Crippen molar-refractivity contribution in [3.05, 3.63) is 130 Å². The molecule has 434 valence electrons. The lowest BCUT2D eigenvalue weighted by Gasteiger charge is -2.29. The zero-order valence-electron chi connectivity index (χ0n) is 44.6. The second-order valence-electron chi connectivity index (χ2n) is 19.1. The van der Waals surface area contributed by atoms with Gasteiger partial charge in [0.15, 0.2) is 0 Å². The highest BCUT2D eigenvalue weighted by atomic mass is 35.5. The van der Waals surface area contributed by atoms with Crippen LogP contribution in [0.5, 0.6) is 11.5 Å². The summed E-state index contributed by atoms with van der Waals surface area (Å²) in [5, 5.41) is 37.2. The van der Waals surface area contributed by atoms with E-state index in [0.29, 0.717) is 58.8 Å². The maximum absolute atomic E-state index is 14.8. The van der Waals surface area contributed by atoms with Crippen molar-refractivity contribution in [1.29, 1.82) is 0 Å². The van der Waals surface area contributed by atoms with Gasteiger partial charge in [-0.2, -0.15) is 0 Å². The summed E-state index contributed by atoms with van der Waals surface area (Å²) in [4.78, 5) is 130. The van der Waals surface area contributed by atoms with Crippen molar-refractivity contribution in [1.82, 2.24) is 31.9 Å². The number of methoxy groups -OCH3 is 1. The highest BCUT2D eigenvalue weighted by molar-refractivity contribution is 8.76. The Kier molecular flexibility index (Phi) is 25.4. The number of primary amides is 2. The van der Waals surface area contributed by atoms with E-state index in [1.807, 2.05) is 0 Å². The van der Waals surface area contributed by atoms with Gasteiger partial charge in [0.1, 0.15) is 53.5 Å². The number of ether oxygens (including phenoxy) is 1. The number of hydrogen-bond donors (Lipinski definition) is 12. The number of aliphatic hydroxyl groups excluding tert-OH is 1. The average Bonchev–Trinajstić information content (AvgIpc) is 3.51. The van der Waals surface area contributed by atoms with Gasteiger partial charge in [0.25, 0.3) is 11.8 Å². The Bertz CT molecular complexity index is 2870. The molecule has 1 saturated heterocycles. The molecule has 0 saturated carbocycles. The first kappa shape index (κ1) is 64.3. The monoisotopic (exact) mass is 1170 g/mol. The predicted octanol–water partition coefficient (Wildman–Crippen LogP) is 0.408. The molecule has 81 heavy (non-hydrogen) atoms. The zero-order valence-corrected chi connectivity index (χ0v) is 47.0. The fraction of sp³-hybridized carbons (Fsp3) is 0.382. The van der Waals surface area contributed by atoms with Crippen LogP contribution in [0.1, 0.15) is 65.2 Å². The number of hydrogen-bond acceptors (Lipinski definition) is 16. The van der Waals surface area contributed by atoms with E-state index < -0.39 is 107 Å². The summed E-state index contributed by atoms with van der Waals surface area (Å²) in [5.41, 5.74) is 25.1. The maximum Gasteiger partial charge on any atom is 0.269 e. The number of amides is 9. The summed E-state index contributed by atoms with van der Waals surface area (Å²) < 4.78 is 5.33. The van der Waals surface area contributed by atoms with Crippen LogP contribution >= 0.6 is 33.2 Å². The number of nitrogens with one attached hydrogen (secondary N) is 6. The number of nitrogens with two attached hydrogens (primary N) is 4. The third-order valence-electron chi connectivity index (χ3n) is 12.8. The number of phenols is 1. The van der Waals surface area contributed by atoms with E-state index in [4.69, 9.17) is 39.3 Å². The molecular weight excluding hydrogens is 1110 g/mol. The molecule has 16 N–H and O–H groups in total. The van der Waals surface area contributed by atoms with Crippen LogP contribution in [0.2, 0.25) is 5.02 Å². The fourth-order valence-electron chi connectivity index (χ4n) is 8.17. The Balaban J connectivity index is 1.61. The van der Waals surface area contributed by atoms with Crippen LogP contribution in [-0.4, -0.2) is 143 Å². The highest BCUT2D eigenvalue weighted by Crippen LogP contribution is 2.25. The first-order valence-corrected chi connectivity index (χ1v) is 28.7. The number of aliphatic hydroxyl groups is 1.